The number of amides is 1. The summed E-state index contributed by atoms with van der Waals surface area (Å²) < 4.78 is 24.2. The second-order valence-corrected chi connectivity index (χ2v) is 6.15. The second kappa shape index (κ2) is 7.10. The van der Waals surface area contributed by atoms with Gasteiger partial charge in [-0.25, -0.2) is 9.18 Å². The van der Waals surface area contributed by atoms with Gasteiger partial charge in [-0.3, -0.25) is 4.79 Å². The van der Waals surface area contributed by atoms with E-state index in [0.717, 1.165) is 10.4 Å². The van der Waals surface area contributed by atoms with Gasteiger partial charge in [0.25, 0.3) is 5.89 Å². The van der Waals surface area contributed by atoms with Crippen LogP contribution in [0.5, 0.6) is 0 Å². The monoisotopic (exact) mass is 372 g/mol. The van der Waals surface area contributed by atoms with Crippen molar-refractivity contribution in [1.82, 2.24) is 14.7 Å². The minimum Gasteiger partial charge on any atom is -0.459 e. The van der Waals surface area contributed by atoms with Crippen LogP contribution in [0, 0.1) is 5.82 Å². The molecule has 0 N–H and O–H groups in total. The molecule has 1 amide bonds. The number of hydrogen-bond acceptors (Lipinski definition) is 6. The third-order valence-corrected chi connectivity index (χ3v) is 4.45. The molecule has 0 aliphatic carbocycles. The van der Waals surface area contributed by atoms with Crippen LogP contribution in [-0.4, -0.2) is 46.8 Å². The van der Waals surface area contributed by atoms with Crippen LogP contribution in [0.1, 0.15) is 0 Å². The molecule has 8 nitrogen and oxygen atoms in total. The fourth-order valence-corrected chi connectivity index (χ4v) is 3.00. The van der Waals surface area contributed by atoms with Gasteiger partial charge in [-0.2, -0.15) is 4.68 Å². The Kier molecular flexibility index (Phi) is 4.49. The summed E-state index contributed by atoms with van der Waals surface area (Å²) in [5.41, 5.74) is 0.916. The summed E-state index contributed by atoms with van der Waals surface area (Å²) in [6, 6.07) is 9.54. The number of carbonyl (C=O) groups is 1. The molecule has 1 aromatic carbocycles. The fourth-order valence-electron chi connectivity index (χ4n) is 3.00. The molecule has 140 valence electrons. The van der Waals surface area contributed by atoms with Crippen molar-refractivity contribution < 1.29 is 18.0 Å². The van der Waals surface area contributed by atoms with E-state index in [9.17, 15) is 14.0 Å². The van der Waals surface area contributed by atoms with Crippen LogP contribution in [0.15, 0.2) is 56.3 Å². The highest BCUT2D eigenvalue weighted by molar-refractivity contribution is 5.76. The summed E-state index contributed by atoms with van der Waals surface area (Å²) in [6.07, 6.45) is 1.44. The van der Waals surface area contributed by atoms with Crippen molar-refractivity contribution in [2.24, 2.45) is 0 Å². The van der Waals surface area contributed by atoms with Crippen LogP contribution in [0.2, 0.25) is 0 Å². The summed E-state index contributed by atoms with van der Waals surface area (Å²) >= 11 is 0. The molecule has 9 heteroatoms. The molecule has 0 radical (unpaired) electrons. The average Bonchev–Trinajstić information content (AvgIpc) is 3.33. The van der Waals surface area contributed by atoms with Gasteiger partial charge in [0.1, 0.15) is 12.4 Å². The van der Waals surface area contributed by atoms with Crippen molar-refractivity contribution in [2.75, 3.05) is 31.1 Å². The van der Waals surface area contributed by atoms with Gasteiger partial charge in [-0.15, -0.1) is 5.10 Å². The summed E-state index contributed by atoms with van der Waals surface area (Å²) in [5.74, 6) is -0.834. The molecular weight excluding hydrogens is 355 g/mol. The zero-order valence-electron chi connectivity index (χ0n) is 14.4. The smallest absolute Gasteiger partial charge is 0.437 e. The zero-order chi connectivity index (χ0) is 18.8. The molecule has 1 saturated heterocycles. The highest BCUT2D eigenvalue weighted by Gasteiger charge is 2.23. The number of rotatable bonds is 4. The van der Waals surface area contributed by atoms with Gasteiger partial charge in [-0.05, 0) is 36.4 Å². The third kappa shape index (κ3) is 3.62. The topological polar surface area (TPSA) is 84.7 Å². The van der Waals surface area contributed by atoms with E-state index in [-0.39, 0.29) is 24.2 Å². The van der Waals surface area contributed by atoms with Gasteiger partial charge >= 0.3 is 5.76 Å². The van der Waals surface area contributed by atoms with E-state index in [1.54, 1.807) is 29.2 Å². The van der Waals surface area contributed by atoms with Crippen LogP contribution < -0.4 is 10.7 Å². The Morgan fingerprint density at radius 1 is 1.11 bits per heavy atom. The number of halogens is 1. The normalized spacial score (nSPS) is 14.6. The maximum Gasteiger partial charge on any atom is 0.437 e. The van der Waals surface area contributed by atoms with Crippen molar-refractivity contribution in [1.29, 1.82) is 0 Å². The Labute approximate surface area is 153 Å². The maximum absolute atomic E-state index is 13.0. The highest BCUT2D eigenvalue weighted by Crippen LogP contribution is 2.17. The minimum atomic E-state index is -0.709. The van der Waals surface area contributed by atoms with Gasteiger partial charge in [0.05, 0.1) is 6.26 Å². The molecule has 0 unspecified atom stereocenters. The van der Waals surface area contributed by atoms with Crippen LogP contribution in [0.3, 0.4) is 0 Å². The van der Waals surface area contributed by atoms with Gasteiger partial charge in [0.2, 0.25) is 5.91 Å². The van der Waals surface area contributed by atoms with Gasteiger partial charge < -0.3 is 18.6 Å². The molecule has 0 atom stereocenters. The van der Waals surface area contributed by atoms with Gasteiger partial charge in [0.15, 0.2) is 5.76 Å². The molecule has 2 aromatic heterocycles. The molecule has 0 spiro atoms. The highest BCUT2D eigenvalue weighted by atomic mass is 19.1. The predicted octanol–water partition coefficient (Wildman–Crippen LogP) is 1.58. The first-order valence-corrected chi connectivity index (χ1v) is 8.50. The Morgan fingerprint density at radius 3 is 2.52 bits per heavy atom. The van der Waals surface area contributed by atoms with E-state index in [4.69, 9.17) is 8.83 Å². The number of nitrogens with zero attached hydrogens (tertiary/aromatic N) is 4. The SMILES string of the molecule is O=C(Cn1nc(-c2ccco2)oc1=O)N1CCN(c2ccc(F)cc2)CC1. The summed E-state index contributed by atoms with van der Waals surface area (Å²) in [6.45, 7) is 2.08. The number of hydrogen-bond donors (Lipinski definition) is 0. The summed E-state index contributed by atoms with van der Waals surface area (Å²) in [4.78, 5) is 28.2. The molecule has 3 aromatic rings. The molecule has 0 saturated carbocycles. The van der Waals surface area contributed by atoms with Gasteiger partial charge in [0, 0.05) is 31.9 Å². The minimum absolute atomic E-state index is 0.0407. The number of anilines is 1. The quantitative estimate of drug-likeness (QED) is 0.691. The van der Waals surface area contributed by atoms with E-state index in [1.165, 1.54) is 18.4 Å². The Hall–Kier alpha value is -3.36. The number of furan rings is 1. The van der Waals surface area contributed by atoms with Gasteiger partial charge in [-0.1, -0.05) is 0 Å². The molecule has 3 heterocycles. The number of aromatic nitrogens is 2. The third-order valence-electron chi connectivity index (χ3n) is 4.45. The van der Waals surface area contributed by atoms with E-state index in [1.807, 2.05) is 0 Å². The molecule has 1 fully saturated rings. The zero-order valence-corrected chi connectivity index (χ0v) is 14.4. The van der Waals surface area contributed by atoms with Crippen molar-refractivity contribution >= 4 is 11.6 Å². The largest absolute Gasteiger partial charge is 0.459 e. The van der Waals surface area contributed by atoms with Crippen LogP contribution in [0.4, 0.5) is 10.1 Å². The number of piperazine rings is 1. The van der Waals surface area contributed by atoms with Crippen molar-refractivity contribution in [3.05, 3.63) is 59.0 Å². The standard InChI is InChI=1S/C18H17FN4O4/c19-13-3-5-14(6-4-13)21-7-9-22(10-8-21)16(24)12-23-18(25)27-17(20-23)15-2-1-11-26-15/h1-6,11H,7-10,12H2. The first kappa shape index (κ1) is 17.1. The van der Waals surface area contributed by atoms with E-state index in [2.05, 4.69) is 10.00 Å². The van der Waals surface area contributed by atoms with Crippen LogP contribution in [-0.2, 0) is 11.3 Å². The average molecular weight is 372 g/mol. The second-order valence-electron chi connectivity index (χ2n) is 6.15. The first-order chi connectivity index (χ1) is 13.1. The van der Waals surface area contributed by atoms with E-state index < -0.39 is 5.76 Å². The Balaban J connectivity index is 1.37. The lowest BCUT2D eigenvalue weighted by Gasteiger charge is -2.36. The molecule has 0 bridgehead atoms. The van der Waals surface area contributed by atoms with E-state index in [0.29, 0.717) is 31.9 Å². The van der Waals surface area contributed by atoms with Crippen molar-refractivity contribution in [2.45, 2.75) is 6.54 Å². The molecule has 27 heavy (non-hydrogen) atoms. The van der Waals surface area contributed by atoms with E-state index >= 15 is 0 Å². The molecular formula is C18H17FN4O4. The number of carbonyl (C=O) groups excluding carboxylic acids is 1. The fraction of sp³-hybridized carbons (Fsp3) is 0.278. The lowest BCUT2D eigenvalue weighted by molar-refractivity contribution is -0.132. The Bertz CT molecular complexity index is 970. The lowest BCUT2D eigenvalue weighted by atomic mass is 10.2. The lowest BCUT2D eigenvalue weighted by Crippen LogP contribution is -2.50. The number of benzene rings is 1. The van der Waals surface area contributed by atoms with Crippen LogP contribution in [0.25, 0.3) is 11.7 Å². The predicted molar refractivity (Wildman–Crippen MR) is 93.7 cm³/mol. The molecule has 4 rings (SSSR count). The summed E-state index contributed by atoms with van der Waals surface area (Å²) in [7, 11) is 0. The Morgan fingerprint density at radius 2 is 1.85 bits per heavy atom. The van der Waals surface area contributed by atoms with Crippen LogP contribution >= 0.6 is 0 Å². The molecule has 1 aliphatic heterocycles. The van der Waals surface area contributed by atoms with Crippen molar-refractivity contribution in [3.8, 4) is 11.7 Å². The summed E-state index contributed by atoms with van der Waals surface area (Å²) in [5, 5.41) is 4.01. The maximum atomic E-state index is 13.0. The first-order valence-electron chi connectivity index (χ1n) is 8.50. The molecule has 1 aliphatic rings. The van der Waals surface area contributed by atoms with Crippen molar-refractivity contribution in [3.63, 3.8) is 0 Å².